The molecule has 2 aromatic carbocycles. The molecule has 2 heterocycles. The van der Waals surface area contributed by atoms with Gasteiger partial charge >= 0.3 is 0 Å². The van der Waals surface area contributed by atoms with Crippen LogP contribution in [-0.2, 0) is 4.79 Å². The van der Waals surface area contributed by atoms with Crippen LogP contribution in [0.15, 0.2) is 48.5 Å². The fraction of sp³-hybridized carbons (Fsp3) is 0.435. The van der Waals surface area contributed by atoms with Crippen molar-refractivity contribution in [2.45, 2.75) is 25.7 Å². The third-order valence-electron chi connectivity index (χ3n) is 6.18. The van der Waals surface area contributed by atoms with Gasteiger partial charge in [-0.1, -0.05) is 0 Å². The monoisotopic (exact) mass is 384 g/mol. The lowest BCUT2D eigenvalue weighted by molar-refractivity contribution is -0.128. The Labute approximate surface area is 165 Å². The molecule has 0 unspecified atom stereocenters. The van der Waals surface area contributed by atoms with Crippen LogP contribution < -0.4 is 9.80 Å². The van der Waals surface area contributed by atoms with Crippen LogP contribution >= 0.6 is 0 Å². The topological polar surface area (TPSA) is 23.6 Å². The van der Waals surface area contributed by atoms with Gasteiger partial charge in [0, 0.05) is 49.4 Å². The van der Waals surface area contributed by atoms with Gasteiger partial charge in [-0.25, -0.2) is 8.78 Å². The molecule has 0 atom stereocenters. The van der Waals surface area contributed by atoms with E-state index in [0.717, 1.165) is 63.2 Å². The Bertz CT molecular complexity index is 723. The molecule has 0 bridgehead atoms. The smallest absolute Gasteiger partial charge is 0.139 e. The normalized spacial score (nSPS) is 19.1. The average molecular weight is 384 g/mol. The number of ketones is 1. The van der Waals surface area contributed by atoms with Crippen LogP contribution in [0.1, 0.15) is 25.7 Å². The molecule has 28 heavy (non-hydrogen) atoms. The van der Waals surface area contributed by atoms with E-state index in [2.05, 4.69) is 9.80 Å². The molecule has 0 spiro atoms. The van der Waals surface area contributed by atoms with Crippen LogP contribution in [0.25, 0.3) is 0 Å². The maximum absolute atomic E-state index is 13.1. The Hall–Kier alpha value is -2.43. The number of benzene rings is 2. The highest BCUT2D eigenvalue weighted by molar-refractivity contribution is 5.84. The van der Waals surface area contributed by atoms with Crippen molar-refractivity contribution in [2.75, 3.05) is 36.0 Å². The predicted molar refractivity (Wildman–Crippen MR) is 108 cm³/mol. The second kappa shape index (κ2) is 8.29. The number of carbonyl (C=O) groups excluding carboxylic acids is 1. The molecule has 0 saturated carbocycles. The lowest BCUT2D eigenvalue weighted by Gasteiger charge is -2.37. The zero-order valence-electron chi connectivity index (χ0n) is 16.0. The van der Waals surface area contributed by atoms with E-state index in [1.807, 2.05) is 24.3 Å². The highest BCUT2D eigenvalue weighted by Crippen LogP contribution is 2.30. The first-order valence-electron chi connectivity index (χ1n) is 10.1. The summed E-state index contributed by atoms with van der Waals surface area (Å²) in [4.78, 5) is 17.5. The second-order valence-electron chi connectivity index (χ2n) is 7.88. The lowest BCUT2D eigenvalue weighted by atomic mass is 9.81. The molecule has 2 aromatic rings. The number of hydrogen-bond donors (Lipinski definition) is 0. The van der Waals surface area contributed by atoms with Crippen LogP contribution in [0.5, 0.6) is 0 Å². The minimum absolute atomic E-state index is 0.138. The van der Waals surface area contributed by atoms with Crippen molar-refractivity contribution >= 4 is 17.2 Å². The zero-order valence-corrected chi connectivity index (χ0v) is 16.0. The molecule has 0 radical (unpaired) electrons. The summed E-state index contributed by atoms with van der Waals surface area (Å²) >= 11 is 0. The Kier molecular flexibility index (Phi) is 5.60. The van der Waals surface area contributed by atoms with E-state index in [1.54, 1.807) is 0 Å². The summed E-state index contributed by atoms with van der Waals surface area (Å²) in [5.74, 6) is 0.247. The number of Topliss-reactive ketones (excluding diaryl/α,β-unsaturated/α-hetero) is 1. The van der Waals surface area contributed by atoms with Crippen molar-refractivity contribution < 1.29 is 13.6 Å². The van der Waals surface area contributed by atoms with E-state index in [0.29, 0.717) is 5.78 Å². The average Bonchev–Trinajstić information content (AvgIpc) is 2.75. The third kappa shape index (κ3) is 4.18. The largest absolute Gasteiger partial charge is 0.371 e. The minimum atomic E-state index is -0.221. The van der Waals surface area contributed by atoms with Crippen molar-refractivity contribution in [1.29, 1.82) is 0 Å². The van der Waals surface area contributed by atoms with E-state index in [-0.39, 0.29) is 23.5 Å². The third-order valence-corrected chi connectivity index (χ3v) is 6.18. The molecule has 0 amide bonds. The first kappa shape index (κ1) is 18.9. The van der Waals surface area contributed by atoms with E-state index >= 15 is 0 Å². The highest BCUT2D eigenvalue weighted by Gasteiger charge is 2.32. The van der Waals surface area contributed by atoms with Gasteiger partial charge in [-0.15, -0.1) is 0 Å². The van der Waals surface area contributed by atoms with Gasteiger partial charge in [0.1, 0.15) is 17.4 Å². The van der Waals surface area contributed by atoms with Crippen molar-refractivity contribution in [3.63, 3.8) is 0 Å². The predicted octanol–water partition coefficient (Wildman–Crippen LogP) is 4.67. The van der Waals surface area contributed by atoms with Gasteiger partial charge in [0.2, 0.25) is 0 Å². The fourth-order valence-electron chi connectivity index (χ4n) is 4.48. The molecule has 148 valence electrons. The number of anilines is 2. The number of carbonyl (C=O) groups is 1. The summed E-state index contributed by atoms with van der Waals surface area (Å²) in [5.41, 5.74) is 2.06. The molecule has 2 aliphatic heterocycles. The van der Waals surface area contributed by atoms with Gasteiger partial charge in [-0.2, -0.15) is 0 Å². The fourth-order valence-corrected chi connectivity index (χ4v) is 4.48. The Balaban J connectivity index is 1.28. The minimum Gasteiger partial charge on any atom is -0.371 e. The van der Waals surface area contributed by atoms with Gasteiger partial charge < -0.3 is 9.80 Å². The first-order valence-corrected chi connectivity index (χ1v) is 10.1. The van der Waals surface area contributed by atoms with E-state index < -0.39 is 0 Å². The molecule has 0 aromatic heterocycles. The summed E-state index contributed by atoms with van der Waals surface area (Å²) in [6.07, 6.45) is 3.48. The summed E-state index contributed by atoms with van der Waals surface area (Å²) in [5, 5.41) is 0. The lowest BCUT2D eigenvalue weighted by Crippen LogP contribution is -2.41. The Morgan fingerprint density at radius 2 is 0.964 bits per heavy atom. The number of rotatable bonds is 4. The molecule has 3 nitrogen and oxygen atoms in total. The first-order chi connectivity index (χ1) is 13.6. The molecule has 2 aliphatic rings. The van der Waals surface area contributed by atoms with Gasteiger partial charge in [0.05, 0.1) is 0 Å². The van der Waals surface area contributed by atoms with Crippen LogP contribution in [0.3, 0.4) is 0 Å². The van der Waals surface area contributed by atoms with Crippen molar-refractivity contribution in [2.24, 2.45) is 11.8 Å². The van der Waals surface area contributed by atoms with Crippen LogP contribution in [0.4, 0.5) is 20.2 Å². The summed E-state index contributed by atoms with van der Waals surface area (Å²) in [6, 6.07) is 13.2. The highest BCUT2D eigenvalue weighted by atomic mass is 19.1. The number of nitrogens with zero attached hydrogens (tertiary/aromatic N) is 2. The number of halogens is 2. The maximum atomic E-state index is 13.1. The van der Waals surface area contributed by atoms with Crippen molar-refractivity contribution in [3.05, 3.63) is 60.2 Å². The molecule has 0 aliphatic carbocycles. The Morgan fingerprint density at radius 1 is 0.643 bits per heavy atom. The molecule has 2 fully saturated rings. The summed E-state index contributed by atoms with van der Waals surface area (Å²) in [6.45, 7) is 3.37. The summed E-state index contributed by atoms with van der Waals surface area (Å²) < 4.78 is 26.2. The van der Waals surface area contributed by atoms with E-state index in [4.69, 9.17) is 0 Å². The molecule has 2 saturated heterocycles. The zero-order chi connectivity index (χ0) is 19.5. The second-order valence-corrected chi connectivity index (χ2v) is 7.88. The summed E-state index contributed by atoms with van der Waals surface area (Å²) in [7, 11) is 0. The van der Waals surface area contributed by atoms with Crippen LogP contribution in [0, 0.1) is 23.5 Å². The van der Waals surface area contributed by atoms with Gasteiger partial charge in [-0.05, 0) is 74.2 Å². The van der Waals surface area contributed by atoms with Crippen molar-refractivity contribution in [3.8, 4) is 0 Å². The molecule has 0 N–H and O–H groups in total. The van der Waals surface area contributed by atoms with Crippen molar-refractivity contribution in [1.82, 2.24) is 0 Å². The van der Waals surface area contributed by atoms with Gasteiger partial charge in [0.25, 0.3) is 0 Å². The van der Waals surface area contributed by atoms with E-state index in [1.165, 1.54) is 24.3 Å². The SMILES string of the molecule is O=C(C1CCN(c2ccc(F)cc2)CC1)C1CCN(c2ccc(F)cc2)CC1. The van der Waals surface area contributed by atoms with Gasteiger partial charge in [-0.3, -0.25) is 4.79 Å². The quantitative estimate of drug-likeness (QED) is 0.766. The molecule has 4 rings (SSSR count). The molecule has 5 heteroatoms. The van der Waals surface area contributed by atoms with Crippen LogP contribution in [0.2, 0.25) is 0 Å². The Morgan fingerprint density at radius 3 is 1.29 bits per heavy atom. The van der Waals surface area contributed by atoms with E-state index in [9.17, 15) is 13.6 Å². The maximum Gasteiger partial charge on any atom is 0.139 e. The number of hydrogen-bond acceptors (Lipinski definition) is 3. The number of piperidine rings is 2. The van der Waals surface area contributed by atoms with Crippen LogP contribution in [-0.4, -0.2) is 32.0 Å². The molecular weight excluding hydrogens is 358 g/mol. The van der Waals surface area contributed by atoms with Gasteiger partial charge in [0.15, 0.2) is 0 Å². The standard InChI is InChI=1S/C23H26F2N2O/c24-19-1-5-21(6-2-19)26-13-9-17(10-14-26)23(28)18-11-15-27(16-12-18)22-7-3-20(25)4-8-22/h1-8,17-18H,9-16H2. The molecular formula is C23H26F2N2O.